The van der Waals surface area contributed by atoms with E-state index in [9.17, 15) is 9.59 Å². The maximum absolute atomic E-state index is 12.8. The number of amides is 2. The van der Waals surface area contributed by atoms with Crippen molar-refractivity contribution >= 4 is 26.1 Å². The van der Waals surface area contributed by atoms with Gasteiger partial charge in [-0.25, -0.2) is 0 Å². The Kier molecular flexibility index (Phi) is 3.25. The van der Waals surface area contributed by atoms with Crippen molar-refractivity contribution in [3.05, 3.63) is 41.5 Å². The Labute approximate surface area is 121 Å². The highest BCUT2D eigenvalue weighted by molar-refractivity contribution is 6.82. The minimum absolute atomic E-state index is 0.0747. The number of hydrogen-bond donors (Lipinski definition) is 0. The van der Waals surface area contributed by atoms with E-state index >= 15 is 0 Å². The van der Waals surface area contributed by atoms with Crippen LogP contribution in [0.4, 0.5) is 0 Å². The fraction of sp³-hybridized carbons (Fsp3) is 0.375. The Morgan fingerprint density at radius 1 is 1.15 bits per heavy atom. The lowest BCUT2D eigenvalue weighted by atomic mass is 10.0. The topological polar surface area (TPSA) is 37.4 Å². The molecule has 106 valence electrons. The molecule has 0 saturated carbocycles. The summed E-state index contributed by atoms with van der Waals surface area (Å²) in [6.07, 6.45) is 1.64. The zero-order chi connectivity index (χ0) is 15.3. The van der Waals surface area contributed by atoms with Crippen molar-refractivity contribution in [2.45, 2.75) is 38.9 Å². The van der Waals surface area contributed by atoms with Crippen LogP contribution in [-0.4, -0.2) is 24.6 Å². The number of fused-ring (bicyclic) bond motifs is 1. The molecule has 1 aromatic rings. The lowest BCUT2D eigenvalue weighted by Crippen LogP contribution is -2.57. The molecule has 0 unspecified atom stereocenters. The van der Waals surface area contributed by atoms with Crippen LogP contribution in [0.5, 0.6) is 0 Å². The predicted molar refractivity (Wildman–Crippen MR) is 84.2 cm³/mol. The Morgan fingerprint density at radius 2 is 1.75 bits per heavy atom. The molecule has 1 heterocycles. The Bertz CT molecular complexity index is 611. The SMILES string of the molecule is C=Cc1cccc2c1C(=O)N([Si](C)(C)C(C)(C)C)C2=O. The highest BCUT2D eigenvalue weighted by atomic mass is 28.3. The average molecular weight is 287 g/mol. The third-order valence-electron chi connectivity index (χ3n) is 4.56. The summed E-state index contributed by atoms with van der Waals surface area (Å²) in [5.41, 5.74) is 1.76. The van der Waals surface area contributed by atoms with Crippen LogP contribution in [0.25, 0.3) is 6.08 Å². The molecule has 1 aliphatic heterocycles. The summed E-state index contributed by atoms with van der Waals surface area (Å²) in [4.78, 5) is 25.4. The molecule has 4 heteroatoms. The molecule has 0 aliphatic carbocycles. The van der Waals surface area contributed by atoms with E-state index in [1.54, 1.807) is 18.2 Å². The van der Waals surface area contributed by atoms with Gasteiger partial charge in [-0.3, -0.25) is 9.59 Å². The molecular weight excluding hydrogens is 266 g/mol. The quantitative estimate of drug-likeness (QED) is 0.610. The number of imide groups is 1. The minimum Gasteiger partial charge on any atom is -0.303 e. The first-order valence-electron chi connectivity index (χ1n) is 6.77. The van der Waals surface area contributed by atoms with Gasteiger partial charge >= 0.3 is 0 Å². The molecule has 2 rings (SSSR count). The first-order valence-corrected chi connectivity index (χ1v) is 9.72. The molecule has 2 amide bonds. The van der Waals surface area contributed by atoms with Crippen LogP contribution in [0, 0.1) is 0 Å². The lowest BCUT2D eigenvalue weighted by molar-refractivity contribution is 0.0746. The smallest absolute Gasteiger partial charge is 0.254 e. The maximum atomic E-state index is 12.8. The molecule has 0 N–H and O–H groups in total. The molecule has 1 aromatic carbocycles. The number of nitrogens with zero attached hydrogens (tertiary/aromatic N) is 1. The molecule has 0 fully saturated rings. The van der Waals surface area contributed by atoms with Crippen molar-refractivity contribution in [2.75, 3.05) is 0 Å². The largest absolute Gasteiger partial charge is 0.303 e. The second-order valence-corrected chi connectivity index (χ2v) is 11.8. The van der Waals surface area contributed by atoms with E-state index in [1.807, 2.05) is 6.07 Å². The lowest BCUT2D eigenvalue weighted by Gasteiger charge is -2.42. The molecular formula is C16H21NO2Si. The van der Waals surface area contributed by atoms with Crippen molar-refractivity contribution in [3.63, 3.8) is 0 Å². The van der Waals surface area contributed by atoms with Gasteiger partial charge in [0, 0.05) is 0 Å². The van der Waals surface area contributed by atoms with Crippen molar-refractivity contribution in [1.29, 1.82) is 0 Å². The van der Waals surface area contributed by atoms with E-state index in [2.05, 4.69) is 40.4 Å². The van der Waals surface area contributed by atoms with E-state index in [4.69, 9.17) is 0 Å². The second kappa shape index (κ2) is 4.41. The van der Waals surface area contributed by atoms with Gasteiger partial charge in [-0.15, -0.1) is 0 Å². The number of rotatable bonds is 2. The molecule has 0 atom stereocenters. The highest BCUT2D eigenvalue weighted by Crippen LogP contribution is 2.42. The highest BCUT2D eigenvalue weighted by Gasteiger charge is 2.51. The summed E-state index contributed by atoms with van der Waals surface area (Å²) in [5, 5.41) is -0.0747. The van der Waals surface area contributed by atoms with Crippen LogP contribution in [0.15, 0.2) is 24.8 Å². The van der Waals surface area contributed by atoms with Crippen LogP contribution >= 0.6 is 0 Å². The number of benzene rings is 1. The van der Waals surface area contributed by atoms with Crippen LogP contribution in [0.1, 0.15) is 47.1 Å². The van der Waals surface area contributed by atoms with E-state index < -0.39 is 8.24 Å². The normalized spacial score (nSPS) is 15.6. The molecule has 0 radical (unpaired) electrons. The van der Waals surface area contributed by atoms with E-state index in [0.717, 1.165) is 5.56 Å². The first kappa shape index (κ1) is 14.7. The van der Waals surface area contributed by atoms with Gasteiger partial charge in [-0.2, -0.15) is 0 Å². The molecule has 3 nitrogen and oxygen atoms in total. The van der Waals surface area contributed by atoms with Crippen LogP contribution < -0.4 is 0 Å². The summed E-state index contributed by atoms with van der Waals surface area (Å²) in [7, 11) is -2.23. The molecule has 0 spiro atoms. The fourth-order valence-corrected chi connectivity index (χ4v) is 4.24. The molecule has 0 saturated heterocycles. The third-order valence-corrected chi connectivity index (χ3v) is 9.76. The van der Waals surface area contributed by atoms with E-state index in [0.29, 0.717) is 11.1 Å². The zero-order valence-corrected chi connectivity index (χ0v) is 13.8. The minimum atomic E-state index is -2.23. The molecule has 1 aliphatic rings. The summed E-state index contributed by atoms with van der Waals surface area (Å²) in [6, 6.07) is 5.36. The van der Waals surface area contributed by atoms with Gasteiger partial charge in [-0.1, -0.05) is 58.7 Å². The van der Waals surface area contributed by atoms with Crippen LogP contribution in [0.3, 0.4) is 0 Å². The van der Waals surface area contributed by atoms with Crippen LogP contribution in [0.2, 0.25) is 18.1 Å². The predicted octanol–water partition coefficient (Wildman–Crippen LogP) is 3.93. The first-order chi connectivity index (χ1) is 9.13. The van der Waals surface area contributed by atoms with Crippen LogP contribution in [-0.2, 0) is 0 Å². The Morgan fingerprint density at radius 3 is 2.25 bits per heavy atom. The van der Waals surface area contributed by atoms with Gasteiger partial charge < -0.3 is 4.57 Å². The number of carbonyl (C=O) groups excluding carboxylic acids is 2. The summed E-state index contributed by atoms with van der Waals surface area (Å²) >= 11 is 0. The summed E-state index contributed by atoms with van der Waals surface area (Å²) in [5.74, 6) is -0.313. The molecule has 0 bridgehead atoms. The zero-order valence-electron chi connectivity index (χ0n) is 12.8. The van der Waals surface area contributed by atoms with Gasteiger partial charge in [0.15, 0.2) is 8.24 Å². The maximum Gasteiger partial charge on any atom is 0.254 e. The number of carbonyl (C=O) groups is 2. The van der Waals surface area contributed by atoms with Crippen molar-refractivity contribution in [1.82, 2.24) is 4.57 Å². The second-order valence-electron chi connectivity index (χ2n) is 6.73. The average Bonchev–Trinajstić information content (AvgIpc) is 2.61. The van der Waals surface area contributed by atoms with Crippen molar-refractivity contribution in [2.24, 2.45) is 0 Å². The fourth-order valence-electron chi connectivity index (χ4n) is 2.32. The van der Waals surface area contributed by atoms with Gasteiger partial charge in [-0.05, 0) is 16.7 Å². The van der Waals surface area contributed by atoms with Crippen molar-refractivity contribution < 1.29 is 9.59 Å². The number of hydrogen-bond acceptors (Lipinski definition) is 2. The molecule has 0 aromatic heterocycles. The van der Waals surface area contributed by atoms with E-state index in [1.165, 1.54) is 4.57 Å². The van der Waals surface area contributed by atoms with Gasteiger partial charge in [0.2, 0.25) is 0 Å². The standard InChI is InChI=1S/C16H21NO2Si/c1-7-11-9-8-10-12-13(11)15(19)17(14(12)18)20(5,6)16(2,3)4/h7-10H,1H2,2-6H3. The van der Waals surface area contributed by atoms with E-state index in [-0.39, 0.29) is 16.9 Å². The monoisotopic (exact) mass is 287 g/mol. The third kappa shape index (κ3) is 1.86. The van der Waals surface area contributed by atoms with Gasteiger partial charge in [0.25, 0.3) is 11.8 Å². The van der Waals surface area contributed by atoms with Crippen molar-refractivity contribution in [3.8, 4) is 0 Å². The summed E-state index contributed by atoms with van der Waals surface area (Å²) < 4.78 is 1.53. The Balaban J connectivity index is 2.62. The van der Waals surface area contributed by atoms with Gasteiger partial charge in [0.1, 0.15) is 0 Å². The summed E-state index contributed by atoms with van der Waals surface area (Å²) in [6.45, 7) is 14.2. The Hall–Kier alpha value is -1.68. The van der Waals surface area contributed by atoms with Gasteiger partial charge in [0.05, 0.1) is 11.1 Å². The molecule has 20 heavy (non-hydrogen) atoms.